The van der Waals surface area contributed by atoms with Crippen LogP contribution < -0.4 is 10.2 Å². The largest absolute Gasteiger partial charge is 0.352 e. The summed E-state index contributed by atoms with van der Waals surface area (Å²) in [4.78, 5) is 32.0. The van der Waals surface area contributed by atoms with Gasteiger partial charge >= 0.3 is 0 Å². The van der Waals surface area contributed by atoms with E-state index in [-0.39, 0.29) is 30.9 Å². The van der Waals surface area contributed by atoms with Crippen molar-refractivity contribution in [3.8, 4) is 0 Å². The van der Waals surface area contributed by atoms with Crippen LogP contribution in [0, 0.1) is 0 Å². The van der Waals surface area contributed by atoms with Crippen molar-refractivity contribution in [1.29, 1.82) is 0 Å². The first-order chi connectivity index (χ1) is 15.5. The average molecular weight is 472 g/mol. The molecule has 1 heterocycles. The standard InChI is InChI=1S/C25H27Cl2N3O2/c26-17-12-13-22-20(14-17)25(19-10-6-7-11-21(19)27)28-15-24(32)30(22)16-23(31)29-18-8-4-2-1-3-5-9-18/h6-7,10-14,18H,1-5,8-9,15-16H2,(H,29,31). The van der Waals surface area contributed by atoms with Gasteiger partial charge in [0.25, 0.3) is 0 Å². The number of carbonyl (C=O) groups excluding carboxylic acids is 2. The number of carbonyl (C=O) groups is 2. The Bertz CT molecular complexity index is 1030. The number of benzene rings is 2. The Labute approximate surface area is 198 Å². The van der Waals surface area contributed by atoms with Gasteiger partial charge in [-0.25, -0.2) is 0 Å². The Morgan fingerprint density at radius 2 is 1.72 bits per heavy atom. The monoisotopic (exact) mass is 471 g/mol. The van der Waals surface area contributed by atoms with Crippen molar-refractivity contribution in [3.63, 3.8) is 0 Å². The zero-order chi connectivity index (χ0) is 22.5. The van der Waals surface area contributed by atoms with Gasteiger partial charge in [0.1, 0.15) is 13.1 Å². The molecule has 5 nitrogen and oxygen atoms in total. The molecule has 7 heteroatoms. The third kappa shape index (κ3) is 5.33. The van der Waals surface area contributed by atoms with Crippen LogP contribution in [0.25, 0.3) is 0 Å². The second-order valence-corrected chi connectivity index (χ2v) is 9.24. The van der Waals surface area contributed by atoms with Crippen LogP contribution in [0.3, 0.4) is 0 Å². The lowest BCUT2D eigenvalue weighted by Gasteiger charge is -2.25. The molecule has 0 spiro atoms. The SMILES string of the molecule is O=C(CN1C(=O)CN=C(c2ccccc2Cl)c2cc(Cl)ccc21)NC1CCCCCCC1. The Kier molecular flexibility index (Phi) is 7.48. The summed E-state index contributed by atoms with van der Waals surface area (Å²) in [6.45, 7) is -0.112. The number of aliphatic imine (C=N–C) groups is 1. The van der Waals surface area contributed by atoms with Gasteiger partial charge in [-0.1, -0.05) is 73.5 Å². The van der Waals surface area contributed by atoms with E-state index in [2.05, 4.69) is 10.3 Å². The molecule has 0 atom stereocenters. The molecule has 1 aliphatic heterocycles. The summed E-state index contributed by atoms with van der Waals surface area (Å²) in [5.41, 5.74) is 2.63. The van der Waals surface area contributed by atoms with Gasteiger partial charge in [-0.15, -0.1) is 0 Å². The molecule has 2 aromatic carbocycles. The number of amides is 2. The fourth-order valence-corrected chi connectivity index (χ4v) is 4.86. The van der Waals surface area contributed by atoms with Crippen LogP contribution in [0.2, 0.25) is 10.0 Å². The molecule has 4 rings (SSSR count). The minimum Gasteiger partial charge on any atom is -0.352 e. The Morgan fingerprint density at radius 1 is 1.00 bits per heavy atom. The Hall–Kier alpha value is -2.37. The molecule has 2 amide bonds. The second kappa shape index (κ2) is 10.5. The molecule has 0 aromatic heterocycles. The molecular weight excluding hydrogens is 445 g/mol. The van der Waals surface area contributed by atoms with Gasteiger partial charge < -0.3 is 10.2 Å². The highest BCUT2D eigenvalue weighted by molar-refractivity contribution is 6.37. The maximum absolute atomic E-state index is 13.0. The summed E-state index contributed by atoms with van der Waals surface area (Å²) in [6.07, 6.45) is 7.95. The van der Waals surface area contributed by atoms with Gasteiger partial charge in [-0.05, 0) is 37.1 Å². The lowest BCUT2D eigenvalue weighted by Crippen LogP contribution is -2.45. The summed E-state index contributed by atoms with van der Waals surface area (Å²) in [5, 5.41) is 4.22. The summed E-state index contributed by atoms with van der Waals surface area (Å²) in [7, 11) is 0. The number of benzodiazepines with no additional fused rings is 1. The van der Waals surface area contributed by atoms with Crippen LogP contribution in [0.4, 0.5) is 5.69 Å². The quantitative estimate of drug-likeness (QED) is 0.647. The van der Waals surface area contributed by atoms with E-state index in [4.69, 9.17) is 23.2 Å². The maximum Gasteiger partial charge on any atom is 0.249 e. The third-order valence-electron chi connectivity index (χ3n) is 6.08. The van der Waals surface area contributed by atoms with E-state index in [9.17, 15) is 9.59 Å². The van der Waals surface area contributed by atoms with Crippen LogP contribution in [-0.4, -0.2) is 36.7 Å². The normalized spacial score (nSPS) is 17.6. The van der Waals surface area contributed by atoms with Gasteiger partial charge in [-0.2, -0.15) is 0 Å². The summed E-state index contributed by atoms with van der Waals surface area (Å²) in [5.74, 6) is -0.380. The zero-order valence-electron chi connectivity index (χ0n) is 17.9. The number of hydrogen-bond donors (Lipinski definition) is 1. The molecule has 0 unspecified atom stereocenters. The molecule has 1 saturated carbocycles. The van der Waals surface area contributed by atoms with Crippen molar-refractivity contribution in [2.45, 2.75) is 51.0 Å². The fraction of sp³-hybridized carbons (Fsp3) is 0.400. The molecule has 0 saturated heterocycles. The lowest BCUT2D eigenvalue weighted by atomic mass is 9.97. The molecule has 0 radical (unpaired) electrons. The molecule has 32 heavy (non-hydrogen) atoms. The number of halogens is 2. The number of nitrogens with one attached hydrogen (secondary N) is 1. The predicted octanol–water partition coefficient (Wildman–Crippen LogP) is 5.41. The van der Waals surface area contributed by atoms with E-state index in [1.165, 1.54) is 24.2 Å². The van der Waals surface area contributed by atoms with Crippen LogP contribution in [-0.2, 0) is 9.59 Å². The number of nitrogens with zero attached hydrogens (tertiary/aromatic N) is 2. The Balaban J connectivity index is 1.60. The molecule has 168 valence electrons. The highest BCUT2D eigenvalue weighted by Gasteiger charge is 2.28. The highest BCUT2D eigenvalue weighted by atomic mass is 35.5. The molecule has 2 aromatic rings. The first kappa shape index (κ1) is 22.8. The van der Waals surface area contributed by atoms with E-state index in [1.807, 2.05) is 18.2 Å². The van der Waals surface area contributed by atoms with Gasteiger partial charge in [-0.3, -0.25) is 14.6 Å². The second-order valence-electron chi connectivity index (χ2n) is 8.40. The smallest absolute Gasteiger partial charge is 0.249 e. The minimum atomic E-state index is -0.233. The van der Waals surface area contributed by atoms with E-state index in [0.717, 1.165) is 31.2 Å². The highest BCUT2D eigenvalue weighted by Crippen LogP contribution is 2.31. The zero-order valence-corrected chi connectivity index (χ0v) is 19.5. The molecule has 0 bridgehead atoms. The topological polar surface area (TPSA) is 61.8 Å². The maximum atomic E-state index is 13.0. The van der Waals surface area contributed by atoms with E-state index >= 15 is 0 Å². The Morgan fingerprint density at radius 3 is 2.47 bits per heavy atom. The van der Waals surface area contributed by atoms with Gasteiger partial charge in [0.05, 0.1) is 11.4 Å². The molecule has 1 fully saturated rings. The van der Waals surface area contributed by atoms with Crippen molar-refractivity contribution in [2.75, 3.05) is 18.0 Å². The van der Waals surface area contributed by atoms with Crippen LogP contribution in [0.15, 0.2) is 47.5 Å². The summed E-state index contributed by atoms with van der Waals surface area (Å²) < 4.78 is 0. The summed E-state index contributed by atoms with van der Waals surface area (Å²) in [6, 6.07) is 12.8. The molecule has 1 aliphatic carbocycles. The van der Waals surface area contributed by atoms with Crippen LogP contribution >= 0.6 is 23.2 Å². The van der Waals surface area contributed by atoms with Gasteiger partial charge in [0.2, 0.25) is 11.8 Å². The van der Waals surface area contributed by atoms with Crippen LogP contribution in [0.5, 0.6) is 0 Å². The van der Waals surface area contributed by atoms with Crippen molar-refractivity contribution >= 4 is 46.4 Å². The predicted molar refractivity (Wildman–Crippen MR) is 130 cm³/mol. The number of fused-ring (bicyclic) bond motifs is 1. The van der Waals surface area contributed by atoms with Crippen molar-refractivity contribution < 1.29 is 9.59 Å². The molecule has 2 aliphatic rings. The fourth-order valence-electron chi connectivity index (χ4n) is 4.46. The van der Waals surface area contributed by atoms with Crippen LogP contribution in [0.1, 0.15) is 56.1 Å². The lowest BCUT2D eigenvalue weighted by molar-refractivity contribution is -0.123. The third-order valence-corrected chi connectivity index (χ3v) is 6.64. The number of hydrogen-bond acceptors (Lipinski definition) is 3. The molecular formula is C25H27Cl2N3O2. The van der Waals surface area contributed by atoms with E-state index in [1.54, 1.807) is 24.3 Å². The average Bonchev–Trinajstić information content (AvgIpc) is 2.87. The number of anilines is 1. The van der Waals surface area contributed by atoms with E-state index in [0.29, 0.717) is 27.0 Å². The van der Waals surface area contributed by atoms with Gasteiger partial charge in [0, 0.05) is 27.2 Å². The number of rotatable bonds is 4. The first-order valence-electron chi connectivity index (χ1n) is 11.2. The van der Waals surface area contributed by atoms with Crippen molar-refractivity contribution in [1.82, 2.24) is 5.32 Å². The van der Waals surface area contributed by atoms with E-state index < -0.39 is 0 Å². The van der Waals surface area contributed by atoms with Crippen molar-refractivity contribution in [3.05, 3.63) is 63.6 Å². The first-order valence-corrected chi connectivity index (χ1v) is 12.0. The molecule has 1 N–H and O–H groups in total. The van der Waals surface area contributed by atoms with Gasteiger partial charge in [0.15, 0.2) is 0 Å². The minimum absolute atomic E-state index is 0.0463. The van der Waals surface area contributed by atoms with Crippen molar-refractivity contribution in [2.24, 2.45) is 4.99 Å². The summed E-state index contributed by atoms with van der Waals surface area (Å²) >= 11 is 12.7.